The highest BCUT2D eigenvalue weighted by atomic mass is 16.7. The quantitative estimate of drug-likeness (QED) is 0.655. The first-order valence-corrected chi connectivity index (χ1v) is 7.21. The summed E-state index contributed by atoms with van der Waals surface area (Å²) in [4.78, 5) is 34.4. The Labute approximate surface area is 138 Å². The highest BCUT2D eigenvalue weighted by Crippen LogP contribution is 2.15. The first-order chi connectivity index (χ1) is 11.3. The molecule has 0 bridgehead atoms. The molecule has 8 nitrogen and oxygen atoms in total. The molecule has 24 heavy (non-hydrogen) atoms. The molecule has 0 spiro atoms. The average molecular weight is 334 g/mol. The van der Waals surface area contributed by atoms with Gasteiger partial charge in [-0.05, 0) is 45.0 Å². The minimum Gasteiger partial charge on any atom is -0.466 e. The van der Waals surface area contributed by atoms with Crippen molar-refractivity contribution >= 4 is 23.7 Å². The van der Waals surface area contributed by atoms with E-state index in [0.29, 0.717) is 5.56 Å². The maximum absolute atomic E-state index is 11.9. The molecule has 8 heteroatoms. The van der Waals surface area contributed by atoms with E-state index < -0.39 is 24.1 Å². The lowest BCUT2D eigenvalue weighted by molar-refractivity contribution is -0.161. The van der Waals surface area contributed by atoms with Crippen LogP contribution in [-0.4, -0.2) is 37.1 Å². The van der Waals surface area contributed by atoms with E-state index in [1.807, 2.05) is 0 Å². The number of esters is 2. The second-order valence-electron chi connectivity index (χ2n) is 6.05. The van der Waals surface area contributed by atoms with Gasteiger partial charge in [0, 0.05) is 5.56 Å². The highest BCUT2D eigenvalue weighted by molar-refractivity contribution is 5.99. The first kappa shape index (κ1) is 17.5. The zero-order valence-corrected chi connectivity index (χ0v) is 13.6. The predicted molar refractivity (Wildman–Crippen MR) is 82.9 cm³/mol. The monoisotopic (exact) mass is 334 g/mol. The third kappa shape index (κ3) is 4.55. The summed E-state index contributed by atoms with van der Waals surface area (Å²) in [7, 11) is 0. The molecule has 1 aliphatic rings. The van der Waals surface area contributed by atoms with Gasteiger partial charge in [-0.15, -0.1) is 5.10 Å². The SMILES string of the molecule is CC(C)(C)C(=O)OCOC(=O)c1ccc(C2=NNC(=O)CO2)cc1. The molecule has 1 aliphatic heterocycles. The number of benzene rings is 1. The van der Waals surface area contributed by atoms with Crippen LogP contribution in [0.15, 0.2) is 29.4 Å². The Morgan fingerprint density at radius 2 is 1.88 bits per heavy atom. The summed E-state index contributed by atoms with van der Waals surface area (Å²) in [5.74, 6) is -1.15. The number of amides is 1. The molecule has 0 atom stereocenters. The van der Waals surface area contributed by atoms with Gasteiger partial charge in [0.2, 0.25) is 12.7 Å². The lowest BCUT2D eigenvalue weighted by atomic mass is 9.98. The number of rotatable bonds is 4. The lowest BCUT2D eigenvalue weighted by Crippen LogP contribution is -2.32. The maximum Gasteiger partial charge on any atom is 0.340 e. The van der Waals surface area contributed by atoms with Gasteiger partial charge in [-0.1, -0.05) is 0 Å². The number of hydrogen-bond donors (Lipinski definition) is 1. The number of nitrogens with one attached hydrogen (secondary N) is 1. The van der Waals surface area contributed by atoms with Crippen LogP contribution in [0.5, 0.6) is 0 Å². The molecule has 128 valence electrons. The minimum atomic E-state index is -0.663. The standard InChI is InChI=1S/C16H18N2O6/c1-16(2,3)15(21)24-9-23-14(20)11-6-4-10(5-7-11)13-18-17-12(19)8-22-13/h4-7H,8-9H2,1-3H3,(H,17,19). The van der Waals surface area contributed by atoms with Crippen molar-refractivity contribution in [2.24, 2.45) is 10.5 Å². The Morgan fingerprint density at radius 3 is 2.42 bits per heavy atom. The number of hydrogen-bond acceptors (Lipinski definition) is 7. The van der Waals surface area contributed by atoms with Gasteiger partial charge in [0.05, 0.1) is 11.0 Å². The maximum atomic E-state index is 11.9. The van der Waals surface area contributed by atoms with Crippen LogP contribution >= 0.6 is 0 Å². The van der Waals surface area contributed by atoms with Gasteiger partial charge in [-0.3, -0.25) is 9.59 Å². The minimum absolute atomic E-state index is 0.109. The van der Waals surface area contributed by atoms with E-state index in [0.717, 1.165) is 0 Å². The van der Waals surface area contributed by atoms with Crippen LogP contribution in [0.3, 0.4) is 0 Å². The summed E-state index contributed by atoms with van der Waals surface area (Å²) in [5.41, 5.74) is 2.53. The molecular weight excluding hydrogens is 316 g/mol. The van der Waals surface area contributed by atoms with Crippen molar-refractivity contribution in [2.45, 2.75) is 20.8 Å². The molecule has 0 saturated carbocycles. The molecule has 1 aromatic carbocycles. The fourth-order valence-electron chi connectivity index (χ4n) is 1.64. The van der Waals surface area contributed by atoms with E-state index in [4.69, 9.17) is 14.2 Å². The van der Waals surface area contributed by atoms with Crippen LogP contribution < -0.4 is 5.43 Å². The topological polar surface area (TPSA) is 103 Å². The van der Waals surface area contributed by atoms with Gasteiger partial charge in [-0.25, -0.2) is 10.2 Å². The molecule has 0 aromatic heterocycles. The van der Waals surface area contributed by atoms with E-state index in [1.54, 1.807) is 32.9 Å². The van der Waals surface area contributed by atoms with E-state index in [-0.39, 0.29) is 24.0 Å². The van der Waals surface area contributed by atoms with E-state index in [1.165, 1.54) is 12.1 Å². The Bertz CT molecular complexity index is 673. The second-order valence-corrected chi connectivity index (χ2v) is 6.05. The molecule has 1 aromatic rings. The van der Waals surface area contributed by atoms with E-state index in [9.17, 15) is 14.4 Å². The van der Waals surface area contributed by atoms with Crippen molar-refractivity contribution < 1.29 is 28.6 Å². The van der Waals surface area contributed by atoms with Crippen LogP contribution in [0, 0.1) is 5.41 Å². The molecule has 0 aliphatic carbocycles. The van der Waals surface area contributed by atoms with Crippen molar-refractivity contribution in [3.05, 3.63) is 35.4 Å². The zero-order valence-electron chi connectivity index (χ0n) is 13.6. The van der Waals surface area contributed by atoms with Crippen LogP contribution in [0.4, 0.5) is 0 Å². The summed E-state index contributed by atoms with van der Waals surface area (Å²) >= 11 is 0. The third-order valence-corrected chi connectivity index (χ3v) is 2.98. The summed E-state index contributed by atoms with van der Waals surface area (Å²) in [6.07, 6.45) is 0. The Balaban J connectivity index is 1.90. The molecule has 0 saturated heterocycles. The van der Waals surface area contributed by atoms with Crippen molar-refractivity contribution in [1.82, 2.24) is 5.43 Å². The number of carbonyl (C=O) groups excluding carboxylic acids is 3. The smallest absolute Gasteiger partial charge is 0.340 e. The van der Waals surface area contributed by atoms with Crippen molar-refractivity contribution in [3.8, 4) is 0 Å². The largest absolute Gasteiger partial charge is 0.466 e. The van der Waals surface area contributed by atoms with Gasteiger partial charge in [0.15, 0.2) is 6.61 Å². The fourth-order valence-corrected chi connectivity index (χ4v) is 1.64. The van der Waals surface area contributed by atoms with Crippen LogP contribution in [0.25, 0.3) is 0 Å². The zero-order chi connectivity index (χ0) is 17.7. The number of carbonyl (C=O) groups is 3. The Hall–Kier alpha value is -2.90. The van der Waals surface area contributed by atoms with Gasteiger partial charge in [0.25, 0.3) is 5.91 Å². The van der Waals surface area contributed by atoms with Gasteiger partial charge < -0.3 is 14.2 Å². The molecule has 0 radical (unpaired) electrons. The van der Waals surface area contributed by atoms with E-state index in [2.05, 4.69) is 10.5 Å². The molecule has 0 unspecified atom stereocenters. The normalized spacial score (nSPS) is 14.1. The van der Waals surface area contributed by atoms with Gasteiger partial charge >= 0.3 is 11.9 Å². The fraction of sp³-hybridized carbons (Fsp3) is 0.375. The van der Waals surface area contributed by atoms with Gasteiger partial charge in [-0.2, -0.15) is 0 Å². The average Bonchev–Trinajstić information content (AvgIpc) is 2.54. The van der Waals surface area contributed by atoms with E-state index >= 15 is 0 Å². The molecule has 1 amide bonds. The molecule has 2 rings (SSSR count). The molecule has 1 heterocycles. The first-order valence-electron chi connectivity index (χ1n) is 7.21. The van der Waals surface area contributed by atoms with Crippen molar-refractivity contribution in [1.29, 1.82) is 0 Å². The van der Waals surface area contributed by atoms with Crippen LogP contribution in [0.1, 0.15) is 36.7 Å². The van der Waals surface area contributed by atoms with Crippen molar-refractivity contribution in [3.63, 3.8) is 0 Å². The third-order valence-electron chi connectivity index (χ3n) is 2.98. The summed E-state index contributed by atoms with van der Waals surface area (Å²) < 4.78 is 14.9. The highest BCUT2D eigenvalue weighted by Gasteiger charge is 2.23. The molecule has 0 fully saturated rings. The van der Waals surface area contributed by atoms with Gasteiger partial charge in [0.1, 0.15) is 0 Å². The summed E-state index contributed by atoms with van der Waals surface area (Å²) in [5, 5.41) is 3.77. The molecular formula is C16H18N2O6. The number of hydrazone groups is 1. The number of nitrogens with zero attached hydrogens (tertiary/aromatic N) is 1. The Kier molecular flexibility index (Phi) is 5.18. The second kappa shape index (κ2) is 7.12. The Morgan fingerprint density at radius 1 is 1.21 bits per heavy atom. The predicted octanol–water partition coefficient (Wildman–Crippen LogP) is 1.20. The number of ether oxygens (including phenoxy) is 3. The van der Waals surface area contributed by atoms with Crippen molar-refractivity contribution in [2.75, 3.05) is 13.4 Å². The van der Waals surface area contributed by atoms with Crippen LogP contribution in [-0.2, 0) is 23.8 Å². The summed E-state index contributed by atoms with van der Waals surface area (Å²) in [6.45, 7) is 4.55. The summed E-state index contributed by atoms with van der Waals surface area (Å²) in [6, 6.07) is 6.25. The van der Waals surface area contributed by atoms with Crippen LogP contribution in [0.2, 0.25) is 0 Å². The lowest BCUT2D eigenvalue weighted by Gasteiger charge is -2.16. The molecule has 1 N–H and O–H groups in total.